The minimum atomic E-state index is -4.83. The predicted octanol–water partition coefficient (Wildman–Crippen LogP) is 0.874. The second kappa shape index (κ2) is 5.09. The lowest BCUT2D eigenvalue weighted by Gasteiger charge is -2.14. The number of carbonyl (C=O) groups is 1. The molecule has 0 bridgehead atoms. The van der Waals surface area contributed by atoms with Crippen molar-refractivity contribution in [3.63, 3.8) is 0 Å². The maximum absolute atomic E-state index is 13.0. The highest BCUT2D eigenvalue weighted by Gasteiger charge is 2.38. The summed E-state index contributed by atoms with van der Waals surface area (Å²) in [5, 5.41) is 10.4. The summed E-state index contributed by atoms with van der Waals surface area (Å²) in [4.78, 5) is 14.6. The number of aliphatic hydroxyl groups excluding tert-OH is 1. The summed E-state index contributed by atoms with van der Waals surface area (Å²) in [5.41, 5.74) is -0.436. The molecule has 17 heavy (non-hydrogen) atoms. The van der Waals surface area contributed by atoms with Crippen molar-refractivity contribution < 1.29 is 27.5 Å². The summed E-state index contributed by atoms with van der Waals surface area (Å²) in [6.07, 6.45) is -5.63. The van der Waals surface area contributed by atoms with Gasteiger partial charge in [-0.2, -0.15) is 13.2 Å². The zero-order valence-corrected chi connectivity index (χ0v) is 8.33. The molecule has 0 fully saturated rings. The van der Waals surface area contributed by atoms with Gasteiger partial charge in [-0.25, -0.2) is 4.39 Å². The number of hydrogen-bond acceptors (Lipinski definition) is 3. The lowest BCUT2D eigenvalue weighted by atomic mass is 10.2. The van der Waals surface area contributed by atoms with E-state index in [1.165, 1.54) is 0 Å². The standard InChI is InChI=1S/C9H8F4N2O2/c10-6-3-14-2-1-5(6)8(17)15-4-7(16)9(11,12)13/h1-3,7,16H,4H2,(H,15,17). The van der Waals surface area contributed by atoms with Crippen LogP contribution in [-0.2, 0) is 0 Å². The molecule has 0 saturated carbocycles. The quantitative estimate of drug-likeness (QED) is 0.785. The van der Waals surface area contributed by atoms with Crippen LogP contribution in [-0.4, -0.2) is 34.8 Å². The van der Waals surface area contributed by atoms with E-state index in [0.29, 0.717) is 0 Å². The van der Waals surface area contributed by atoms with Crippen molar-refractivity contribution in [2.75, 3.05) is 6.54 Å². The normalized spacial score (nSPS) is 13.2. The molecule has 0 aliphatic rings. The number of hydrogen-bond donors (Lipinski definition) is 2. The summed E-state index contributed by atoms with van der Waals surface area (Å²) in [5.74, 6) is -2.00. The van der Waals surface area contributed by atoms with Crippen LogP contribution < -0.4 is 5.32 Å². The summed E-state index contributed by atoms with van der Waals surface area (Å²) in [6, 6.07) is 1.02. The van der Waals surface area contributed by atoms with Gasteiger partial charge < -0.3 is 10.4 Å². The number of nitrogens with one attached hydrogen (secondary N) is 1. The van der Waals surface area contributed by atoms with Gasteiger partial charge >= 0.3 is 6.18 Å². The monoisotopic (exact) mass is 252 g/mol. The molecular formula is C9H8F4N2O2. The van der Waals surface area contributed by atoms with Crippen LogP contribution in [0, 0.1) is 5.82 Å². The van der Waals surface area contributed by atoms with Crippen molar-refractivity contribution in [3.05, 3.63) is 29.8 Å². The molecule has 0 saturated heterocycles. The Bertz CT molecular complexity index is 408. The van der Waals surface area contributed by atoms with Gasteiger partial charge in [-0.3, -0.25) is 9.78 Å². The molecule has 1 rings (SSSR count). The Kier molecular flexibility index (Phi) is 4.00. The minimum absolute atomic E-state index is 0.436. The first-order chi connectivity index (χ1) is 7.82. The van der Waals surface area contributed by atoms with Gasteiger partial charge in [-0.15, -0.1) is 0 Å². The molecule has 2 N–H and O–H groups in total. The molecule has 1 aromatic heterocycles. The average molecular weight is 252 g/mol. The molecule has 1 heterocycles. The van der Waals surface area contributed by atoms with Crippen LogP contribution in [0.3, 0.4) is 0 Å². The third kappa shape index (κ3) is 3.66. The number of nitrogens with zero attached hydrogens (tertiary/aromatic N) is 1. The van der Waals surface area contributed by atoms with Crippen molar-refractivity contribution in [2.45, 2.75) is 12.3 Å². The number of aliphatic hydroxyl groups is 1. The number of pyridine rings is 1. The second-order valence-electron chi connectivity index (χ2n) is 3.12. The average Bonchev–Trinajstić information content (AvgIpc) is 2.24. The molecular weight excluding hydrogens is 244 g/mol. The predicted molar refractivity (Wildman–Crippen MR) is 48.6 cm³/mol. The van der Waals surface area contributed by atoms with E-state index in [-0.39, 0.29) is 0 Å². The molecule has 1 atom stereocenters. The van der Waals surface area contributed by atoms with E-state index < -0.39 is 36.1 Å². The van der Waals surface area contributed by atoms with Gasteiger partial charge in [0.2, 0.25) is 0 Å². The minimum Gasteiger partial charge on any atom is -0.382 e. The zero-order chi connectivity index (χ0) is 13.1. The van der Waals surface area contributed by atoms with E-state index >= 15 is 0 Å². The van der Waals surface area contributed by atoms with Gasteiger partial charge in [0.1, 0.15) is 0 Å². The molecule has 1 unspecified atom stereocenters. The number of rotatable bonds is 3. The van der Waals surface area contributed by atoms with E-state index in [0.717, 1.165) is 18.5 Å². The molecule has 1 amide bonds. The highest BCUT2D eigenvalue weighted by Crippen LogP contribution is 2.19. The van der Waals surface area contributed by atoms with Crippen LogP contribution in [0.2, 0.25) is 0 Å². The van der Waals surface area contributed by atoms with Crippen LogP contribution in [0.5, 0.6) is 0 Å². The van der Waals surface area contributed by atoms with Crippen molar-refractivity contribution in [1.82, 2.24) is 10.3 Å². The van der Waals surface area contributed by atoms with Crippen LogP contribution in [0.25, 0.3) is 0 Å². The fourth-order valence-corrected chi connectivity index (χ4v) is 0.960. The Morgan fingerprint density at radius 3 is 2.71 bits per heavy atom. The maximum Gasteiger partial charge on any atom is 0.416 e. The zero-order valence-electron chi connectivity index (χ0n) is 8.33. The van der Waals surface area contributed by atoms with Crippen molar-refractivity contribution in [1.29, 1.82) is 0 Å². The van der Waals surface area contributed by atoms with Crippen molar-refractivity contribution >= 4 is 5.91 Å². The molecule has 0 aliphatic carbocycles. The summed E-state index contributed by atoms with van der Waals surface area (Å²) in [7, 11) is 0. The van der Waals surface area contributed by atoms with Crippen LogP contribution >= 0.6 is 0 Å². The molecule has 94 valence electrons. The van der Waals surface area contributed by atoms with E-state index in [1.807, 2.05) is 0 Å². The molecule has 8 heteroatoms. The van der Waals surface area contributed by atoms with Crippen LogP contribution in [0.15, 0.2) is 18.5 Å². The Balaban J connectivity index is 2.60. The molecule has 1 aromatic rings. The van der Waals surface area contributed by atoms with Gasteiger partial charge in [-0.1, -0.05) is 0 Å². The number of amides is 1. The molecule has 0 spiro atoms. The molecule has 0 aliphatic heterocycles. The molecule has 4 nitrogen and oxygen atoms in total. The Morgan fingerprint density at radius 2 is 2.18 bits per heavy atom. The smallest absolute Gasteiger partial charge is 0.382 e. The van der Waals surface area contributed by atoms with Crippen LogP contribution in [0.4, 0.5) is 17.6 Å². The Morgan fingerprint density at radius 1 is 1.53 bits per heavy atom. The first-order valence-corrected chi connectivity index (χ1v) is 4.45. The fraction of sp³-hybridized carbons (Fsp3) is 0.333. The van der Waals surface area contributed by atoms with Gasteiger partial charge in [0, 0.05) is 6.20 Å². The summed E-state index contributed by atoms with van der Waals surface area (Å²) in [6.45, 7) is -1.04. The second-order valence-corrected chi connectivity index (χ2v) is 3.12. The molecule has 0 aromatic carbocycles. The number of carbonyl (C=O) groups excluding carboxylic acids is 1. The van der Waals surface area contributed by atoms with Gasteiger partial charge in [0.05, 0.1) is 18.3 Å². The lowest BCUT2D eigenvalue weighted by Crippen LogP contribution is -2.40. The highest BCUT2D eigenvalue weighted by atomic mass is 19.4. The third-order valence-corrected chi connectivity index (χ3v) is 1.85. The Hall–Kier alpha value is -1.70. The SMILES string of the molecule is O=C(NCC(O)C(F)(F)F)c1ccncc1F. The first kappa shape index (κ1) is 13.4. The third-order valence-electron chi connectivity index (χ3n) is 1.85. The van der Waals surface area contributed by atoms with Gasteiger partial charge in [0.15, 0.2) is 11.9 Å². The highest BCUT2D eigenvalue weighted by molar-refractivity contribution is 5.94. The summed E-state index contributed by atoms with van der Waals surface area (Å²) < 4.78 is 48.7. The van der Waals surface area contributed by atoms with Crippen LogP contribution in [0.1, 0.15) is 10.4 Å². The number of halogens is 4. The van der Waals surface area contributed by atoms with Gasteiger partial charge in [-0.05, 0) is 6.07 Å². The Labute approximate surface area is 93.3 Å². The van der Waals surface area contributed by atoms with E-state index in [1.54, 1.807) is 5.32 Å². The van der Waals surface area contributed by atoms with E-state index in [4.69, 9.17) is 5.11 Å². The van der Waals surface area contributed by atoms with E-state index in [9.17, 15) is 22.4 Å². The van der Waals surface area contributed by atoms with Crippen molar-refractivity contribution in [2.24, 2.45) is 0 Å². The first-order valence-electron chi connectivity index (χ1n) is 4.45. The maximum atomic E-state index is 13.0. The number of alkyl halides is 3. The number of aromatic nitrogens is 1. The largest absolute Gasteiger partial charge is 0.416 e. The van der Waals surface area contributed by atoms with Crippen molar-refractivity contribution in [3.8, 4) is 0 Å². The fourth-order valence-electron chi connectivity index (χ4n) is 0.960. The lowest BCUT2D eigenvalue weighted by molar-refractivity contribution is -0.201. The summed E-state index contributed by atoms with van der Waals surface area (Å²) >= 11 is 0. The topological polar surface area (TPSA) is 62.2 Å². The molecule has 0 radical (unpaired) electrons. The van der Waals surface area contributed by atoms with E-state index in [2.05, 4.69) is 4.98 Å². The van der Waals surface area contributed by atoms with Gasteiger partial charge in [0.25, 0.3) is 5.91 Å².